The highest BCUT2D eigenvalue weighted by Crippen LogP contribution is 2.31. The number of hydrogen-bond acceptors (Lipinski definition) is 2. The summed E-state index contributed by atoms with van der Waals surface area (Å²) >= 11 is 0. The Balaban J connectivity index is 1.63. The highest BCUT2D eigenvalue weighted by molar-refractivity contribution is 5.97. The van der Waals surface area contributed by atoms with Crippen molar-refractivity contribution in [2.45, 2.75) is 25.7 Å². The molecule has 0 bridgehead atoms. The van der Waals surface area contributed by atoms with Gasteiger partial charge < -0.3 is 10.6 Å². The van der Waals surface area contributed by atoms with Crippen LogP contribution in [0, 0.1) is 11.8 Å². The van der Waals surface area contributed by atoms with Crippen LogP contribution in [-0.4, -0.2) is 11.8 Å². The zero-order valence-corrected chi connectivity index (χ0v) is 10.1. The average molecular weight is 244 g/mol. The normalized spacial score (nSPS) is 18.2. The molecule has 18 heavy (non-hydrogen) atoms. The Morgan fingerprint density at radius 2 is 1.33 bits per heavy atom. The van der Waals surface area contributed by atoms with Crippen LogP contribution < -0.4 is 10.6 Å². The Morgan fingerprint density at radius 1 is 0.889 bits per heavy atom. The summed E-state index contributed by atoms with van der Waals surface area (Å²) in [6.07, 6.45) is 3.96. The summed E-state index contributed by atoms with van der Waals surface area (Å²) in [7, 11) is 0. The van der Waals surface area contributed by atoms with Crippen LogP contribution in [0.25, 0.3) is 0 Å². The Labute approximate surface area is 106 Å². The molecule has 0 spiro atoms. The molecule has 0 aromatic heterocycles. The number of benzene rings is 1. The Kier molecular flexibility index (Phi) is 2.78. The van der Waals surface area contributed by atoms with Crippen molar-refractivity contribution in [2.75, 3.05) is 10.6 Å². The number of amides is 2. The second-order valence-corrected chi connectivity index (χ2v) is 5.11. The molecule has 4 nitrogen and oxygen atoms in total. The highest BCUT2D eigenvalue weighted by Gasteiger charge is 2.30. The molecule has 0 saturated heterocycles. The molecule has 2 fully saturated rings. The van der Waals surface area contributed by atoms with Gasteiger partial charge in [-0.05, 0) is 43.9 Å². The number of rotatable bonds is 4. The van der Waals surface area contributed by atoms with E-state index < -0.39 is 0 Å². The topological polar surface area (TPSA) is 58.2 Å². The molecule has 1 aromatic carbocycles. The van der Waals surface area contributed by atoms with E-state index in [0.717, 1.165) is 37.1 Å². The smallest absolute Gasteiger partial charge is 0.227 e. The van der Waals surface area contributed by atoms with Crippen molar-refractivity contribution in [3.63, 3.8) is 0 Å². The van der Waals surface area contributed by atoms with Crippen molar-refractivity contribution in [1.29, 1.82) is 0 Å². The average Bonchev–Trinajstić information content (AvgIpc) is 3.19. The molecule has 0 atom stereocenters. The second kappa shape index (κ2) is 4.44. The number of nitrogens with one attached hydrogen (secondary N) is 2. The summed E-state index contributed by atoms with van der Waals surface area (Å²) in [4.78, 5) is 23.3. The van der Waals surface area contributed by atoms with Crippen molar-refractivity contribution in [2.24, 2.45) is 11.8 Å². The van der Waals surface area contributed by atoms with E-state index in [9.17, 15) is 9.59 Å². The van der Waals surface area contributed by atoms with E-state index in [1.165, 1.54) is 0 Å². The maximum absolute atomic E-state index is 11.6. The van der Waals surface area contributed by atoms with Crippen LogP contribution in [0.1, 0.15) is 25.7 Å². The fourth-order valence-corrected chi connectivity index (χ4v) is 1.85. The third-order valence-corrected chi connectivity index (χ3v) is 3.29. The number of hydrogen-bond donors (Lipinski definition) is 2. The fourth-order valence-electron chi connectivity index (χ4n) is 1.85. The van der Waals surface area contributed by atoms with Gasteiger partial charge in [0, 0.05) is 23.2 Å². The van der Waals surface area contributed by atoms with E-state index in [2.05, 4.69) is 10.6 Å². The largest absolute Gasteiger partial charge is 0.326 e. The first-order chi connectivity index (χ1) is 8.72. The quantitative estimate of drug-likeness (QED) is 0.854. The van der Waals surface area contributed by atoms with Gasteiger partial charge in [-0.2, -0.15) is 0 Å². The van der Waals surface area contributed by atoms with E-state index in [4.69, 9.17) is 0 Å². The molecule has 2 saturated carbocycles. The van der Waals surface area contributed by atoms with Crippen molar-refractivity contribution < 1.29 is 9.59 Å². The molecule has 4 heteroatoms. The van der Waals surface area contributed by atoms with Gasteiger partial charge in [0.05, 0.1) is 0 Å². The third-order valence-electron chi connectivity index (χ3n) is 3.29. The van der Waals surface area contributed by atoms with E-state index in [-0.39, 0.29) is 23.7 Å². The number of carbonyl (C=O) groups excluding carboxylic acids is 2. The van der Waals surface area contributed by atoms with Crippen LogP contribution in [0.2, 0.25) is 0 Å². The summed E-state index contributed by atoms with van der Waals surface area (Å²) < 4.78 is 0. The van der Waals surface area contributed by atoms with E-state index in [1.807, 2.05) is 18.2 Å². The zero-order chi connectivity index (χ0) is 12.5. The maximum atomic E-state index is 11.6. The van der Waals surface area contributed by atoms with Gasteiger partial charge in [-0.3, -0.25) is 9.59 Å². The fraction of sp³-hybridized carbons (Fsp3) is 0.429. The first-order valence-electron chi connectivity index (χ1n) is 6.44. The molecule has 0 heterocycles. The molecule has 2 amide bonds. The number of carbonyl (C=O) groups is 2. The summed E-state index contributed by atoms with van der Waals surface area (Å²) in [5.41, 5.74) is 1.50. The molecule has 2 aliphatic carbocycles. The summed E-state index contributed by atoms with van der Waals surface area (Å²) in [5, 5.41) is 5.74. The number of anilines is 2. The maximum Gasteiger partial charge on any atom is 0.227 e. The van der Waals surface area contributed by atoms with Gasteiger partial charge in [-0.15, -0.1) is 0 Å². The molecule has 0 unspecified atom stereocenters. The lowest BCUT2D eigenvalue weighted by molar-refractivity contribution is -0.118. The minimum absolute atomic E-state index is 0.0840. The van der Waals surface area contributed by atoms with Gasteiger partial charge in [-0.1, -0.05) is 6.07 Å². The van der Waals surface area contributed by atoms with Crippen LogP contribution in [0.5, 0.6) is 0 Å². The Bertz CT molecular complexity index is 449. The second-order valence-electron chi connectivity index (χ2n) is 5.11. The van der Waals surface area contributed by atoms with Crippen LogP contribution in [-0.2, 0) is 9.59 Å². The van der Waals surface area contributed by atoms with E-state index >= 15 is 0 Å². The van der Waals surface area contributed by atoms with Crippen molar-refractivity contribution in [1.82, 2.24) is 0 Å². The predicted octanol–water partition coefficient (Wildman–Crippen LogP) is 2.38. The molecule has 2 N–H and O–H groups in total. The third kappa shape index (κ3) is 2.70. The monoisotopic (exact) mass is 244 g/mol. The SMILES string of the molecule is O=C(Nc1cccc(NC(=O)C2CC2)c1)C1CC1. The van der Waals surface area contributed by atoms with Gasteiger partial charge in [-0.25, -0.2) is 0 Å². The van der Waals surface area contributed by atoms with Crippen molar-refractivity contribution >= 4 is 23.2 Å². The van der Waals surface area contributed by atoms with Crippen LogP contribution in [0.3, 0.4) is 0 Å². The molecular weight excluding hydrogens is 228 g/mol. The minimum atomic E-state index is 0.0840. The van der Waals surface area contributed by atoms with Gasteiger partial charge in [0.2, 0.25) is 11.8 Å². The van der Waals surface area contributed by atoms with Gasteiger partial charge in [0.15, 0.2) is 0 Å². The molecule has 94 valence electrons. The zero-order valence-electron chi connectivity index (χ0n) is 10.1. The molecule has 0 aliphatic heterocycles. The minimum Gasteiger partial charge on any atom is -0.326 e. The van der Waals surface area contributed by atoms with Crippen LogP contribution >= 0.6 is 0 Å². The molecule has 2 aliphatic rings. The van der Waals surface area contributed by atoms with E-state index in [0.29, 0.717) is 0 Å². The lowest BCUT2D eigenvalue weighted by atomic mass is 10.2. The van der Waals surface area contributed by atoms with Crippen LogP contribution in [0.15, 0.2) is 24.3 Å². The highest BCUT2D eigenvalue weighted by atomic mass is 16.2. The first-order valence-corrected chi connectivity index (χ1v) is 6.44. The summed E-state index contributed by atoms with van der Waals surface area (Å²) in [6.45, 7) is 0. The van der Waals surface area contributed by atoms with Gasteiger partial charge in [0.25, 0.3) is 0 Å². The van der Waals surface area contributed by atoms with Crippen LogP contribution in [0.4, 0.5) is 11.4 Å². The first kappa shape index (κ1) is 11.3. The lowest BCUT2D eigenvalue weighted by Crippen LogP contribution is -2.15. The summed E-state index contributed by atoms with van der Waals surface area (Å²) in [6, 6.07) is 7.33. The lowest BCUT2D eigenvalue weighted by Gasteiger charge is -2.08. The van der Waals surface area contributed by atoms with E-state index in [1.54, 1.807) is 6.07 Å². The summed E-state index contributed by atoms with van der Waals surface area (Å²) in [5.74, 6) is 0.547. The van der Waals surface area contributed by atoms with Crippen molar-refractivity contribution in [3.05, 3.63) is 24.3 Å². The molecular formula is C14H16N2O2. The van der Waals surface area contributed by atoms with Gasteiger partial charge >= 0.3 is 0 Å². The molecule has 1 aromatic rings. The predicted molar refractivity (Wildman–Crippen MR) is 69.1 cm³/mol. The Morgan fingerprint density at radius 3 is 1.72 bits per heavy atom. The molecule has 3 rings (SSSR count). The van der Waals surface area contributed by atoms with Crippen molar-refractivity contribution in [3.8, 4) is 0 Å². The van der Waals surface area contributed by atoms with Gasteiger partial charge in [0.1, 0.15) is 0 Å². The molecule has 0 radical (unpaired) electrons. The Hall–Kier alpha value is -1.84. The standard InChI is InChI=1S/C14H16N2O2/c17-13(9-4-5-9)15-11-2-1-3-12(8-11)16-14(18)10-6-7-10/h1-3,8-10H,4-7H2,(H,15,17)(H,16,18).